The van der Waals surface area contributed by atoms with Crippen molar-refractivity contribution in [2.24, 2.45) is 0 Å². The van der Waals surface area contributed by atoms with Crippen LogP contribution in [0.2, 0.25) is 0 Å². The Hall–Kier alpha value is -1.27. The fraction of sp³-hybridized carbons (Fsp3) is 0.778. The van der Waals surface area contributed by atoms with Gasteiger partial charge in [0.2, 0.25) is 5.91 Å². The molecule has 1 atom stereocenters. The van der Waals surface area contributed by atoms with E-state index < -0.39 is 24.0 Å². The molecule has 0 radical (unpaired) electrons. The van der Waals surface area contributed by atoms with Crippen molar-refractivity contribution in [1.29, 1.82) is 0 Å². The van der Waals surface area contributed by atoms with Crippen LogP contribution in [0, 0.1) is 0 Å². The molecule has 1 aliphatic rings. The summed E-state index contributed by atoms with van der Waals surface area (Å²) < 4.78 is 35.7. The minimum absolute atomic E-state index is 0.463. The highest BCUT2D eigenvalue weighted by Gasteiger charge is 2.40. The first kappa shape index (κ1) is 12.8. The summed E-state index contributed by atoms with van der Waals surface area (Å²) in [6.45, 7) is 2.35. The summed E-state index contributed by atoms with van der Waals surface area (Å²) >= 11 is 0. The lowest BCUT2D eigenvalue weighted by molar-refractivity contribution is -0.174. The van der Waals surface area contributed by atoms with Crippen LogP contribution in [-0.2, 0) is 9.59 Å². The van der Waals surface area contributed by atoms with Crippen molar-refractivity contribution in [3.05, 3.63) is 0 Å². The molecule has 1 rings (SSSR count). The van der Waals surface area contributed by atoms with Gasteiger partial charge in [0, 0.05) is 13.1 Å². The van der Waals surface area contributed by atoms with E-state index in [1.54, 1.807) is 5.32 Å². The number of rotatable bonds is 2. The largest absolute Gasteiger partial charge is 0.471 e. The first-order valence-corrected chi connectivity index (χ1v) is 4.99. The van der Waals surface area contributed by atoms with Crippen molar-refractivity contribution < 1.29 is 22.8 Å². The summed E-state index contributed by atoms with van der Waals surface area (Å²) in [4.78, 5) is 23.6. The summed E-state index contributed by atoms with van der Waals surface area (Å²) in [5, 5.41) is 1.64. The molecule has 7 heteroatoms. The molecule has 0 saturated carbocycles. The fourth-order valence-electron chi connectivity index (χ4n) is 1.55. The van der Waals surface area contributed by atoms with Gasteiger partial charge in [0.15, 0.2) is 0 Å². The number of amides is 2. The summed E-state index contributed by atoms with van der Waals surface area (Å²) in [7, 11) is 0. The molecule has 1 unspecified atom stereocenters. The Morgan fingerprint density at radius 3 is 2.19 bits per heavy atom. The second-order valence-corrected chi connectivity index (χ2v) is 3.73. The number of carbonyl (C=O) groups is 2. The second-order valence-electron chi connectivity index (χ2n) is 3.73. The van der Waals surface area contributed by atoms with E-state index in [-0.39, 0.29) is 0 Å². The standard InChI is InChI=1S/C9H13F3N2O2/c1-6(13-8(16)9(10,11)12)7(15)14-4-2-3-5-14/h6H,2-5H2,1H3,(H,13,16). The normalized spacial score (nSPS) is 18.4. The van der Waals surface area contributed by atoms with Gasteiger partial charge in [-0.15, -0.1) is 0 Å². The highest BCUT2D eigenvalue weighted by Crippen LogP contribution is 2.15. The van der Waals surface area contributed by atoms with Crippen molar-refractivity contribution in [3.63, 3.8) is 0 Å². The molecule has 1 N–H and O–H groups in total. The van der Waals surface area contributed by atoms with Gasteiger partial charge in [-0.05, 0) is 19.8 Å². The van der Waals surface area contributed by atoms with Gasteiger partial charge in [-0.1, -0.05) is 0 Å². The third kappa shape index (κ3) is 3.11. The topological polar surface area (TPSA) is 49.4 Å². The van der Waals surface area contributed by atoms with Crippen molar-refractivity contribution in [2.45, 2.75) is 32.0 Å². The number of alkyl halides is 3. The van der Waals surface area contributed by atoms with Crippen LogP contribution in [0.1, 0.15) is 19.8 Å². The second kappa shape index (κ2) is 4.71. The molecule has 1 aliphatic heterocycles. The smallest absolute Gasteiger partial charge is 0.341 e. The molecule has 0 spiro atoms. The van der Waals surface area contributed by atoms with Gasteiger partial charge in [0.1, 0.15) is 6.04 Å². The minimum Gasteiger partial charge on any atom is -0.341 e. The minimum atomic E-state index is -4.94. The molecule has 1 saturated heterocycles. The van der Waals surface area contributed by atoms with Crippen LogP contribution in [0.5, 0.6) is 0 Å². The number of hydrogen-bond donors (Lipinski definition) is 1. The molecule has 1 heterocycles. The van der Waals surface area contributed by atoms with Gasteiger partial charge >= 0.3 is 12.1 Å². The molecule has 4 nitrogen and oxygen atoms in total. The van der Waals surface area contributed by atoms with Gasteiger partial charge < -0.3 is 10.2 Å². The van der Waals surface area contributed by atoms with E-state index in [9.17, 15) is 22.8 Å². The van der Waals surface area contributed by atoms with Crippen LogP contribution < -0.4 is 5.32 Å². The van der Waals surface area contributed by atoms with E-state index in [1.165, 1.54) is 11.8 Å². The van der Waals surface area contributed by atoms with Crippen LogP contribution in [0.15, 0.2) is 0 Å². The SMILES string of the molecule is CC(NC(=O)C(F)(F)F)C(=O)N1CCCC1. The summed E-state index contributed by atoms with van der Waals surface area (Å²) in [6.07, 6.45) is -3.24. The van der Waals surface area contributed by atoms with Crippen molar-refractivity contribution in [2.75, 3.05) is 13.1 Å². The quantitative estimate of drug-likeness (QED) is 0.769. The first-order chi connectivity index (χ1) is 7.32. The van der Waals surface area contributed by atoms with Gasteiger partial charge in [-0.25, -0.2) is 0 Å². The van der Waals surface area contributed by atoms with Crippen LogP contribution in [0.25, 0.3) is 0 Å². The Bertz CT molecular complexity index is 285. The van der Waals surface area contributed by atoms with Gasteiger partial charge in [0.25, 0.3) is 0 Å². The molecular formula is C9H13F3N2O2. The summed E-state index contributed by atoms with van der Waals surface area (Å²) in [5.74, 6) is -2.54. The van der Waals surface area contributed by atoms with E-state index in [1.807, 2.05) is 0 Å². The lowest BCUT2D eigenvalue weighted by atomic mass is 10.3. The Morgan fingerprint density at radius 1 is 1.25 bits per heavy atom. The predicted octanol–water partition coefficient (Wildman–Crippen LogP) is 0.676. The van der Waals surface area contributed by atoms with Crippen LogP contribution in [-0.4, -0.2) is 42.0 Å². The molecular weight excluding hydrogens is 225 g/mol. The molecule has 0 aromatic rings. The zero-order valence-electron chi connectivity index (χ0n) is 8.80. The van der Waals surface area contributed by atoms with Crippen molar-refractivity contribution >= 4 is 11.8 Å². The lowest BCUT2D eigenvalue weighted by Crippen LogP contribution is -2.49. The maximum Gasteiger partial charge on any atom is 0.471 e. The molecule has 0 aliphatic carbocycles. The number of nitrogens with one attached hydrogen (secondary N) is 1. The van der Waals surface area contributed by atoms with E-state index in [4.69, 9.17) is 0 Å². The molecule has 0 aromatic carbocycles. The highest BCUT2D eigenvalue weighted by molar-refractivity contribution is 5.89. The van der Waals surface area contributed by atoms with E-state index >= 15 is 0 Å². The Balaban J connectivity index is 2.48. The molecule has 0 bridgehead atoms. The monoisotopic (exact) mass is 238 g/mol. The predicted molar refractivity (Wildman–Crippen MR) is 49.5 cm³/mol. The third-order valence-corrected chi connectivity index (χ3v) is 2.39. The Morgan fingerprint density at radius 2 is 1.75 bits per heavy atom. The molecule has 0 aromatic heterocycles. The fourth-order valence-corrected chi connectivity index (χ4v) is 1.55. The van der Waals surface area contributed by atoms with Gasteiger partial charge in [-0.2, -0.15) is 13.2 Å². The number of halogens is 3. The third-order valence-electron chi connectivity index (χ3n) is 2.39. The molecule has 1 fully saturated rings. The van der Waals surface area contributed by atoms with Crippen molar-refractivity contribution in [3.8, 4) is 0 Å². The number of hydrogen-bond acceptors (Lipinski definition) is 2. The van der Waals surface area contributed by atoms with Crippen molar-refractivity contribution in [1.82, 2.24) is 10.2 Å². The average molecular weight is 238 g/mol. The molecule has 16 heavy (non-hydrogen) atoms. The van der Waals surface area contributed by atoms with E-state index in [2.05, 4.69) is 0 Å². The zero-order chi connectivity index (χ0) is 12.3. The maximum absolute atomic E-state index is 11.9. The number of likely N-dealkylation sites (tertiary alicyclic amines) is 1. The molecule has 2 amide bonds. The zero-order valence-corrected chi connectivity index (χ0v) is 8.80. The first-order valence-electron chi connectivity index (χ1n) is 4.99. The lowest BCUT2D eigenvalue weighted by Gasteiger charge is -2.21. The van der Waals surface area contributed by atoms with Crippen LogP contribution >= 0.6 is 0 Å². The Kier molecular flexibility index (Phi) is 3.77. The van der Waals surface area contributed by atoms with Gasteiger partial charge in [0.05, 0.1) is 0 Å². The Labute approximate surface area is 90.8 Å². The van der Waals surface area contributed by atoms with Crippen LogP contribution in [0.3, 0.4) is 0 Å². The maximum atomic E-state index is 11.9. The average Bonchev–Trinajstić information content (AvgIpc) is 2.67. The van der Waals surface area contributed by atoms with E-state index in [0.717, 1.165) is 12.8 Å². The number of carbonyl (C=O) groups excluding carboxylic acids is 2. The van der Waals surface area contributed by atoms with E-state index in [0.29, 0.717) is 13.1 Å². The number of nitrogens with zero attached hydrogens (tertiary/aromatic N) is 1. The summed E-state index contributed by atoms with van der Waals surface area (Å²) in [6, 6.07) is -1.13. The summed E-state index contributed by atoms with van der Waals surface area (Å²) in [5.41, 5.74) is 0. The highest BCUT2D eigenvalue weighted by atomic mass is 19.4. The van der Waals surface area contributed by atoms with Crippen LogP contribution in [0.4, 0.5) is 13.2 Å². The van der Waals surface area contributed by atoms with Gasteiger partial charge in [-0.3, -0.25) is 9.59 Å². The molecule has 92 valence electrons.